The second kappa shape index (κ2) is 2.08. The number of aromatic nitrogens is 2. The van der Waals surface area contributed by atoms with Gasteiger partial charge in [-0.3, -0.25) is 0 Å². The van der Waals surface area contributed by atoms with Crippen molar-refractivity contribution < 1.29 is 4.52 Å². The van der Waals surface area contributed by atoms with E-state index in [-0.39, 0.29) is 0 Å². The highest BCUT2D eigenvalue weighted by Crippen LogP contribution is 2.34. The molecule has 3 nitrogen and oxygen atoms in total. The molecule has 1 heterocycles. The highest BCUT2D eigenvalue weighted by molar-refractivity contribution is 4.98. The van der Waals surface area contributed by atoms with Crippen LogP contribution in [0.3, 0.4) is 0 Å². The summed E-state index contributed by atoms with van der Waals surface area (Å²) in [6.45, 7) is 1.83. The van der Waals surface area contributed by atoms with Crippen LogP contribution in [0.25, 0.3) is 0 Å². The summed E-state index contributed by atoms with van der Waals surface area (Å²) in [4.78, 5) is 4.15. The van der Waals surface area contributed by atoms with Gasteiger partial charge in [0.05, 0.1) is 0 Å². The van der Waals surface area contributed by atoms with Gasteiger partial charge in [-0.25, -0.2) is 0 Å². The maximum atomic E-state index is 4.86. The monoisotopic (exact) mass is 138 g/mol. The lowest BCUT2D eigenvalue weighted by molar-refractivity contribution is 0.354. The van der Waals surface area contributed by atoms with Crippen LogP contribution in [-0.4, -0.2) is 10.1 Å². The fourth-order valence-corrected chi connectivity index (χ4v) is 1.15. The van der Waals surface area contributed by atoms with Gasteiger partial charge in [0.25, 0.3) is 0 Å². The molecule has 1 aliphatic carbocycles. The van der Waals surface area contributed by atoms with E-state index in [0.29, 0.717) is 11.8 Å². The van der Waals surface area contributed by atoms with E-state index in [1.54, 1.807) is 0 Å². The maximum Gasteiger partial charge on any atom is 0.223 e. The summed E-state index contributed by atoms with van der Waals surface area (Å²) < 4.78 is 4.86. The molecule has 0 radical (unpaired) electrons. The van der Waals surface area contributed by atoms with E-state index in [0.717, 1.165) is 5.82 Å². The van der Waals surface area contributed by atoms with E-state index in [9.17, 15) is 0 Å². The van der Waals surface area contributed by atoms with Gasteiger partial charge >= 0.3 is 0 Å². The number of hydrogen-bond donors (Lipinski definition) is 0. The van der Waals surface area contributed by atoms with E-state index >= 15 is 0 Å². The minimum absolute atomic E-state index is 0.595. The van der Waals surface area contributed by atoms with Gasteiger partial charge in [0.2, 0.25) is 5.89 Å². The van der Waals surface area contributed by atoms with E-state index in [1.807, 2.05) is 6.92 Å². The normalized spacial score (nSPS) is 18.9. The quantitative estimate of drug-likeness (QED) is 0.592. The standard InChI is InChI=1S/C7H10N2O/c1-5-8-7(9-10-5)6-3-2-4-6/h6H,2-4H2,1H3. The fraction of sp³-hybridized carbons (Fsp3) is 0.714. The van der Waals surface area contributed by atoms with Gasteiger partial charge in [-0.05, 0) is 12.8 Å². The lowest BCUT2D eigenvalue weighted by atomic mass is 9.85. The minimum Gasteiger partial charge on any atom is -0.340 e. The Bertz CT molecular complexity index is 227. The van der Waals surface area contributed by atoms with Crippen LogP contribution in [0, 0.1) is 6.92 Å². The highest BCUT2D eigenvalue weighted by atomic mass is 16.5. The molecule has 2 rings (SSSR count). The average molecular weight is 138 g/mol. The first-order valence-corrected chi connectivity index (χ1v) is 3.66. The van der Waals surface area contributed by atoms with Gasteiger partial charge in [-0.1, -0.05) is 11.6 Å². The largest absolute Gasteiger partial charge is 0.340 e. The summed E-state index contributed by atoms with van der Waals surface area (Å²) in [7, 11) is 0. The molecule has 0 aliphatic heterocycles. The highest BCUT2D eigenvalue weighted by Gasteiger charge is 2.23. The minimum atomic E-state index is 0.595. The van der Waals surface area contributed by atoms with Crippen molar-refractivity contribution in [2.45, 2.75) is 32.1 Å². The van der Waals surface area contributed by atoms with Crippen molar-refractivity contribution >= 4 is 0 Å². The molecule has 0 atom stereocenters. The summed E-state index contributed by atoms with van der Waals surface area (Å²) in [5.74, 6) is 2.18. The molecule has 0 amide bonds. The molecule has 0 bridgehead atoms. The molecular formula is C7H10N2O. The van der Waals surface area contributed by atoms with Crippen molar-refractivity contribution in [3.8, 4) is 0 Å². The van der Waals surface area contributed by atoms with Gasteiger partial charge in [0.1, 0.15) is 0 Å². The third kappa shape index (κ3) is 0.818. The number of hydrogen-bond acceptors (Lipinski definition) is 3. The third-order valence-corrected chi connectivity index (χ3v) is 2.01. The molecule has 0 saturated heterocycles. The van der Waals surface area contributed by atoms with Crippen LogP contribution in [0.4, 0.5) is 0 Å². The van der Waals surface area contributed by atoms with Crippen molar-refractivity contribution in [1.29, 1.82) is 0 Å². The molecule has 1 aromatic rings. The summed E-state index contributed by atoms with van der Waals surface area (Å²) in [6.07, 6.45) is 3.79. The first kappa shape index (κ1) is 5.89. The van der Waals surface area contributed by atoms with E-state index < -0.39 is 0 Å². The van der Waals surface area contributed by atoms with Crippen molar-refractivity contribution in [2.24, 2.45) is 0 Å². The summed E-state index contributed by atoms with van der Waals surface area (Å²) in [5, 5.41) is 3.85. The molecule has 0 unspecified atom stereocenters. The molecule has 0 aromatic carbocycles. The number of nitrogens with zero attached hydrogens (tertiary/aromatic N) is 2. The molecule has 1 saturated carbocycles. The van der Waals surface area contributed by atoms with Crippen molar-refractivity contribution in [2.75, 3.05) is 0 Å². The Hall–Kier alpha value is -0.860. The third-order valence-electron chi connectivity index (χ3n) is 2.01. The second-order valence-corrected chi connectivity index (χ2v) is 2.80. The van der Waals surface area contributed by atoms with Crippen molar-refractivity contribution in [1.82, 2.24) is 10.1 Å². The smallest absolute Gasteiger partial charge is 0.223 e. The number of aryl methyl sites for hydroxylation is 1. The van der Waals surface area contributed by atoms with Crippen LogP contribution in [0.2, 0.25) is 0 Å². The van der Waals surface area contributed by atoms with Gasteiger partial charge in [0, 0.05) is 12.8 Å². The van der Waals surface area contributed by atoms with Gasteiger partial charge < -0.3 is 4.52 Å². The Labute approximate surface area is 59.4 Å². The molecule has 0 spiro atoms. The van der Waals surface area contributed by atoms with E-state index in [2.05, 4.69) is 10.1 Å². The predicted molar refractivity (Wildman–Crippen MR) is 35.6 cm³/mol. The van der Waals surface area contributed by atoms with Crippen molar-refractivity contribution in [3.63, 3.8) is 0 Å². The van der Waals surface area contributed by atoms with Gasteiger partial charge in [0.15, 0.2) is 5.82 Å². The van der Waals surface area contributed by atoms with Crippen LogP contribution in [-0.2, 0) is 0 Å². The zero-order valence-electron chi connectivity index (χ0n) is 6.00. The lowest BCUT2D eigenvalue weighted by Crippen LogP contribution is -2.10. The van der Waals surface area contributed by atoms with Crippen LogP contribution in [0.1, 0.15) is 36.9 Å². The predicted octanol–water partition coefficient (Wildman–Crippen LogP) is 1.65. The topological polar surface area (TPSA) is 38.9 Å². The Balaban J connectivity index is 2.17. The Morgan fingerprint density at radius 3 is 2.70 bits per heavy atom. The molecule has 0 N–H and O–H groups in total. The molecular weight excluding hydrogens is 128 g/mol. The lowest BCUT2D eigenvalue weighted by Gasteiger charge is -2.20. The summed E-state index contributed by atoms with van der Waals surface area (Å²) >= 11 is 0. The van der Waals surface area contributed by atoms with Crippen LogP contribution in [0.5, 0.6) is 0 Å². The molecule has 54 valence electrons. The average Bonchev–Trinajstić information content (AvgIpc) is 2.10. The Kier molecular flexibility index (Phi) is 1.22. The molecule has 3 heteroatoms. The molecule has 1 aliphatic rings. The van der Waals surface area contributed by atoms with E-state index in [1.165, 1.54) is 19.3 Å². The maximum absolute atomic E-state index is 4.86. The zero-order chi connectivity index (χ0) is 6.97. The first-order valence-electron chi connectivity index (χ1n) is 3.66. The van der Waals surface area contributed by atoms with Gasteiger partial charge in [-0.2, -0.15) is 4.98 Å². The number of rotatable bonds is 1. The summed E-state index contributed by atoms with van der Waals surface area (Å²) in [6, 6.07) is 0. The molecule has 1 aromatic heterocycles. The Morgan fingerprint density at radius 2 is 2.30 bits per heavy atom. The summed E-state index contributed by atoms with van der Waals surface area (Å²) in [5.41, 5.74) is 0. The van der Waals surface area contributed by atoms with Crippen LogP contribution < -0.4 is 0 Å². The SMILES string of the molecule is Cc1nc(C2CCC2)no1. The Morgan fingerprint density at radius 1 is 1.50 bits per heavy atom. The molecule has 1 fully saturated rings. The van der Waals surface area contributed by atoms with Crippen molar-refractivity contribution in [3.05, 3.63) is 11.7 Å². The van der Waals surface area contributed by atoms with E-state index in [4.69, 9.17) is 4.52 Å². The first-order chi connectivity index (χ1) is 4.86. The second-order valence-electron chi connectivity index (χ2n) is 2.80. The van der Waals surface area contributed by atoms with Gasteiger partial charge in [-0.15, -0.1) is 0 Å². The van der Waals surface area contributed by atoms with Crippen LogP contribution in [0.15, 0.2) is 4.52 Å². The molecule has 10 heavy (non-hydrogen) atoms. The zero-order valence-corrected chi connectivity index (χ0v) is 6.00. The fourth-order valence-electron chi connectivity index (χ4n) is 1.15. The van der Waals surface area contributed by atoms with Crippen LogP contribution >= 0.6 is 0 Å².